The first-order chi connectivity index (χ1) is 10.1. The van der Waals surface area contributed by atoms with Crippen molar-refractivity contribution in [3.63, 3.8) is 0 Å². The Bertz CT molecular complexity index is 415. The van der Waals surface area contributed by atoms with Crippen molar-refractivity contribution in [1.82, 2.24) is 10.2 Å². The zero-order chi connectivity index (χ0) is 15.7. The molecule has 0 saturated heterocycles. The molecule has 0 aliphatic carbocycles. The van der Waals surface area contributed by atoms with Gasteiger partial charge in [-0.05, 0) is 58.9 Å². The van der Waals surface area contributed by atoms with Crippen LogP contribution < -0.4 is 5.32 Å². The van der Waals surface area contributed by atoms with Crippen molar-refractivity contribution in [2.45, 2.75) is 31.7 Å². The number of unbranched alkanes of at least 4 members (excludes halogenated alkanes) is 2. The molecule has 2 N–H and O–H groups in total. The van der Waals surface area contributed by atoms with E-state index in [4.69, 9.17) is 5.11 Å². The number of aliphatic hydroxyl groups is 1. The van der Waals surface area contributed by atoms with Crippen LogP contribution >= 0.6 is 0 Å². The molecular formula is C16H26F2N2O. The van der Waals surface area contributed by atoms with Crippen LogP contribution in [0.5, 0.6) is 0 Å². The molecule has 1 unspecified atom stereocenters. The first-order valence-corrected chi connectivity index (χ1v) is 7.50. The third-order valence-corrected chi connectivity index (χ3v) is 3.70. The number of nitrogens with zero attached hydrogens (tertiary/aromatic N) is 1. The summed E-state index contributed by atoms with van der Waals surface area (Å²) in [5.74, 6) is -1.56. The zero-order valence-electron chi connectivity index (χ0n) is 12.9. The van der Waals surface area contributed by atoms with Crippen molar-refractivity contribution in [3.8, 4) is 0 Å². The summed E-state index contributed by atoms with van der Waals surface area (Å²) in [7, 11) is 3.78. The molecule has 3 nitrogen and oxygen atoms in total. The van der Waals surface area contributed by atoms with Crippen molar-refractivity contribution in [3.05, 3.63) is 35.4 Å². The highest BCUT2D eigenvalue weighted by Gasteiger charge is 2.17. The van der Waals surface area contributed by atoms with Gasteiger partial charge in [-0.1, -0.05) is 12.1 Å². The van der Waals surface area contributed by atoms with Gasteiger partial charge in [0.1, 0.15) is 0 Å². The fraction of sp³-hybridized carbons (Fsp3) is 0.625. The number of nitrogens with one attached hydrogen (secondary N) is 1. The highest BCUT2D eigenvalue weighted by atomic mass is 19.2. The van der Waals surface area contributed by atoms with Gasteiger partial charge in [-0.25, -0.2) is 8.78 Å². The van der Waals surface area contributed by atoms with E-state index in [1.165, 1.54) is 6.07 Å². The summed E-state index contributed by atoms with van der Waals surface area (Å²) in [4.78, 5) is 2.18. The Balaban J connectivity index is 2.45. The Kier molecular flexibility index (Phi) is 8.42. The van der Waals surface area contributed by atoms with Crippen molar-refractivity contribution in [2.24, 2.45) is 0 Å². The van der Waals surface area contributed by atoms with Crippen LogP contribution in [-0.2, 0) is 0 Å². The zero-order valence-corrected chi connectivity index (χ0v) is 12.9. The Hall–Kier alpha value is -1.04. The van der Waals surface area contributed by atoms with Crippen LogP contribution in [0, 0.1) is 11.6 Å². The monoisotopic (exact) mass is 300 g/mol. The van der Waals surface area contributed by atoms with Crippen molar-refractivity contribution >= 4 is 0 Å². The number of hydrogen-bond donors (Lipinski definition) is 2. The lowest BCUT2D eigenvalue weighted by atomic mass is 10.0. The van der Waals surface area contributed by atoms with Gasteiger partial charge >= 0.3 is 0 Å². The number of hydrogen-bond acceptors (Lipinski definition) is 3. The molecule has 0 spiro atoms. The highest BCUT2D eigenvalue weighted by Crippen LogP contribution is 2.22. The fourth-order valence-corrected chi connectivity index (χ4v) is 2.38. The number of aliphatic hydroxyl groups excluding tert-OH is 1. The third-order valence-electron chi connectivity index (χ3n) is 3.70. The second kappa shape index (κ2) is 9.82. The molecule has 0 saturated carbocycles. The Morgan fingerprint density at radius 1 is 1.19 bits per heavy atom. The van der Waals surface area contributed by atoms with Gasteiger partial charge in [0.25, 0.3) is 0 Å². The minimum atomic E-state index is -0.801. The molecule has 1 rings (SSSR count). The largest absolute Gasteiger partial charge is 0.396 e. The summed E-state index contributed by atoms with van der Waals surface area (Å²) in [5, 5.41) is 11.8. The van der Waals surface area contributed by atoms with Crippen molar-refractivity contribution in [2.75, 3.05) is 33.8 Å². The van der Waals surface area contributed by atoms with Crippen LogP contribution in [0.25, 0.3) is 0 Å². The van der Waals surface area contributed by atoms with Crippen molar-refractivity contribution < 1.29 is 13.9 Å². The number of benzene rings is 1. The average Bonchev–Trinajstić information content (AvgIpc) is 2.48. The first kappa shape index (κ1) is 18.0. The summed E-state index contributed by atoms with van der Waals surface area (Å²) in [6.45, 7) is 1.99. The third kappa shape index (κ3) is 6.08. The predicted molar refractivity (Wildman–Crippen MR) is 81.2 cm³/mol. The molecule has 120 valence electrons. The smallest absolute Gasteiger partial charge is 0.163 e. The summed E-state index contributed by atoms with van der Waals surface area (Å²) in [5.41, 5.74) is 0.381. The fourth-order valence-electron chi connectivity index (χ4n) is 2.38. The molecule has 1 atom stereocenters. The van der Waals surface area contributed by atoms with Crippen LogP contribution in [-0.4, -0.2) is 43.8 Å². The van der Waals surface area contributed by atoms with Gasteiger partial charge in [0.15, 0.2) is 11.6 Å². The summed E-state index contributed by atoms with van der Waals surface area (Å²) >= 11 is 0. The van der Waals surface area contributed by atoms with E-state index in [2.05, 4.69) is 10.2 Å². The molecule has 5 heteroatoms. The maximum atomic E-state index is 13.8. The minimum Gasteiger partial charge on any atom is -0.396 e. The molecule has 0 heterocycles. The van der Waals surface area contributed by atoms with E-state index >= 15 is 0 Å². The van der Waals surface area contributed by atoms with Gasteiger partial charge < -0.3 is 15.3 Å². The van der Waals surface area contributed by atoms with Crippen LogP contribution in [0.2, 0.25) is 0 Å². The lowest BCUT2D eigenvalue weighted by molar-refractivity contribution is 0.268. The molecule has 1 aromatic carbocycles. The van der Waals surface area contributed by atoms with Gasteiger partial charge in [0.2, 0.25) is 0 Å². The summed E-state index contributed by atoms with van der Waals surface area (Å²) in [6.07, 6.45) is 3.60. The van der Waals surface area contributed by atoms with E-state index in [0.717, 1.165) is 38.4 Å². The van der Waals surface area contributed by atoms with Gasteiger partial charge in [-0.2, -0.15) is 0 Å². The van der Waals surface area contributed by atoms with Crippen molar-refractivity contribution in [1.29, 1.82) is 0 Å². The molecule has 0 aliphatic rings. The quantitative estimate of drug-likeness (QED) is 0.652. The second-order valence-electron chi connectivity index (χ2n) is 5.36. The molecule has 0 aromatic heterocycles. The number of rotatable bonds is 10. The Morgan fingerprint density at radius 3 is 2.62 bits per heavy atom. The van der Waals surface area contributed by atoms with Gasteiger partial charge in [-0.15, -0.1) is 0 Å². The molecule has 1 aromatic rings. The Labute approximate surface area is 126 Å². The van der Waals surface area contributed by atoms with Crippen LogP contribution in [0.15, 0.2) is 18.2 Å². The van der Waals surface area contributed by atoms with E-state index in [-0.39, 0.29) is 12.6 Å². The molecule has 0 aliphatic heterocycles. The van der Waals surface area contributed by atoms with E-state index in [1.807, 2.05) is 7.05 Å². The Morgan fingerprint density at radius 2 is 1.95 bits per heavy atom. The number of halogens is 2. The lowest BCUT2D eigenvalue weighted by Crippen LogP contribution is -2.27. The second-order valence-corrected chi connectivity index (χ2v) is 5.36. The molecule has 0 radical (unpaired) electrons. The van der Waals surface area contributed by atoms with Gasteiger partial charge in [-0.3, -0.25) is 0 Å². The van der Waals surface area contributed by atoms with E-state index in [0.29, 0.717) is 12.0 Å². The average molecular weight is 300 g/mol. The normalized spacial score (nSPS) is 12.9. The SMILES string of the molecule is CNC(CCN(C)CCCCCO)c1cccc(F)c1F. The highest BCUT2D eigenvalue weighted by molar-refractivity contribution is 5.22. The minimum absolute atomic E-state index is 0.194. The maximum Gasteiger partial charge on any atom is 0.163 e. The van der Waals surface area contributed by atoms with E-state index in [1.54, 1.807) is 13.1 Å². The molecule has 0 bridgehead atoms. The van der Waals surface area contributed by atoms with E-state index in [9.17, 15) is 8.78 Å². The molecular weight excluding hydrogens is 274 g/mol. The topological polar surface area (TPSA) is 35.5 Å². The summed E-state index contributed by atoms with van der Waals surface area (Å²) in [6, 6.07) is 4.11. The first-order valence-electron chi connectivity index (χ1n) is 7.50. The standard InChI is InChI=1S/C16H26F2N2O/c1-19-15(13-7-6-8-14(17)16(13)18)9-11-20(2)10-4-3-5-12-21/h6-8,15,19,21H,3-5,9-12H2,1-2H3. The molecule has 0 fully saturated rings. The maximum absolute atomic E-state index is 13.8. The predicted octanol–water partition coefficient (Wildman–Crippen LogP) is 2.71. The molecule has 0 amide bonds. The van der Waals surface area contributed by atoms with Gasteiger partial charge in [0.05, 0.1) is 0 Å². The summed E-state index contributed by atoms with van der Waals surface area (Å²) < 4.78 is 27.1. The van der Waals surface area contributed by atoms with Crippen LogP contribution in [0.1, 0.15) is 37.3 Å². The lowest BCUT2D eigenvalue weighted by Gasteiger charge is -2.22. The van der Waals surface area contributed by atoms with Crippen LogP contribution in [0.4, 0.5) is 8.78 Å². The van der Waals surface area contributed by atoms with Crippen LogP contribution in [0.3, 0.4) is 0 Å². The van der Waals surface area contributed by atoms with E-state index < -0.39 is 11.6 Å². The van der Waals surface area contributed by atoms with Gasteiger partial charge in [0, 0.05) is 18.2 Å². The molecule has 21 heavy (non-hydrogen) atoms.